The predicted octanol–water partition coefficient (Wildman–Crippen LogP) is 6.21. The fraction of sp³-hybridized carbons (Fsp3) is 0.625. The molecule has 8 heteroatoms. The Morgan fingerprint density at radius 3 is 2.06 bits per heavy atom. The summed E-state index contributed by atoms with van der Waals surface area (Å²) < 4.78 is 11.0. The summed E-state index contributed by atoms with van der Waals surface area (Å²) in [4.78, 5) is 33.1. The molecule has 7 nitrogen and oxygen atoms in total. The summed E-state index contributed by atoms with van der Waals surface area (Å²) in [5.74, 6) is 0.205. The van der Waals surface area contributed by atoms with E-state index in [1.54, 1.807) is 32.7 Å². The van der Waals surface area contributed by atoms with Gasteiger partial charge in [0.1, 0.15) is 11.2 Å². The lowest BCUT2D eigenvalue weighted by atomic mass is 10.2. The fourth-order valence-corrected chi connectivity index (χ4v) is 3.17. The second-order valence-corrected chi connectivity index (χ2v) is 10.4. The van der Waals surface area contributed by atoms with Crippen LogP contribution in [0, 0.1) is 0 Å². The van der Waals surface area contributed by atoms with Crippen LogP contribution in [0.4, 0.5) is 9.59 Å². The molecule has 180 valence electrons. The van der Waals surface area contributed by atoms with E-state index in [2.05, 4.69) is 20.9 Å². The molecule has 0 aliphatic heterocycles. The number of benzene rings is 1. The molecule has 1 aromatic carbocycles. The number of unbranched alkanes of at least 4 members (excludes halogenated alkanes) is 2. The normalized spacial score (nSPS) is 12.3. The van der Waals surface area contributed by atoms with Crippen LogP contribution in [0.15, 0.2) is 35.3 Å². The molecule has 0 atom stereocenters. The molecule has 0 fully saturated rings. The Labute approximate surface area is 201 Å². The van der Waals surface area contributed by atoms with Crippen molar-refractivity contribution in [2.75, 3.05) is 18.9 Å². The predicted molar refractivity (Wildman–Crippen MR) is 132 cm³/mol. The SMILES string of the molecule is CN(Cc1ccccc1)C(=NC(=O)OC(C)(C)C)N(CCCCCBr)C(=O)OC(C)(C)C. The zero-order valence-corrected chi connectivity index (χ0v) is 22.1. The van der Waals surface area contributed by atoms with Gasteiger partial charge in [-0.2, -0.15) is 0 Å². The lowest BCUT2D eigenvalue weighted by Crippen LogP contribution is -2.48. The average molecular weight is 512 g/mol. The van der Waals surface area contributed by atoms with Crippen molar-refractivity contribution < 1.29 is 19.1 Å². The summed E-state index contributed by atoms with van der Waals surface area (Å²) in [6.45, 7) is 11.6. The van der Waals surface area contributed by atoms with Gasteiger partial charge in [-0.1, -0.05) is 52.7 Å². The minimum atomic E-state index is -0.749. The number of amides is 2. The molecule has 32 heavy (non-hydrogen) atoms. The molecule has 0 saturated heterocycles. The number of aliphatic imine (C=N–C) groups is 1. The molecule has 0 aliphatic carbocycles. The highest BCUT2D eigenvalue weighted by atomic mass is 79.9. The van der Waals surface area contributed by atoms with Gasteiger partial charge >= 0.3 is 12.2 Å². The van der Waals surface area contributed by atoms with Gasteiger partial charge in [0.25, 0.3) is 0 Å². The third-order valence-corrected chi connectivity index (χ3v) is 4.62. The summed E-state index contributed by atoms with van der Waals surface area (Å²) in [7, 11) is 1.80. The maximum Gasteiger partial charge on any atom is 0.437 e. The average Bonchev–Trinajstić information content (AvgIpc) is 2.64. The highest BCUT2D eigenvalue weighted by Crippen LogP contribution is 2.16. The van der Waals surface area contributed by atoms with Crippen LogP contribution in [0.2, 0.25) is 0 Å². The molecule has 0 N–H and O–H groups in total. The van der Waals surface area contributed by atoms with Gasteiger partial charge in [-0.15, -0.1) is 4.99 Å². The van der Waals surface area contributed by atoms with Crippen molar-refractivity contribution in [3.8, 4) is 0 Å². The van der Waals surface area contributed by atoms with Crippen LogP contribution in [-0.2, 0) is 16.0 Å². The lowest BCUT2D eigenvalue weighted by Gasteiger charge is -2.32. The number of carbonyl (C=O) groups excluding carboxylic acids is 2. The van der Waals surface area contributed by atoms with Crippen LogP contribution < -0.4 is 0 Å². The standard InChI is InChI=1S/C24H38BrN3O4/c1-23(2,3)31-21(29)26-20(27(7)18-19-14-10-8-11-15-19)28(17-13-9-12-16-25)22(30)32-24(4,5)6/h8,10-11,14-15H,9,12-13,16-18H2,1-7H3. The van der Waals surface area contributed by atoms with E-state index in [1.807, 2.05) is 51.1 Å². The fourth-order valence-electron chi connectivity index (χ4n) is 2.78. The summed E-state index contributed by atoms with van der Waals surface area (Å²) in [6, 6.07) is 9.79. The highest BCUT2D eigenvalue weighted by Gasteiger charge is 2.29. The van der Waals surface area contributed by atoms with Crippen molar-refractivity contribution in [1.29, 1.82) is 0 Å². The summed E-state index contributed by atoms with van der Waals surface area (Å²) in [5, 5.41) is 0.895. The van der Waals surface area contributed by atoms with Gasteiger partial charge < -0.3 is 14.4 Å². The molecule has 1 aromatic rings. The van der Waals surface area contributed by atoms with Crippen molar-refractivity contribution in [1.82, 2.24) is 9.80 Å². The van der Waals surface area contributed by atoms with E-state index in [0.29, 0.717) is 13.1 Å². The number of rotatable bonds is 7. The topological polar surface area (TPSA) is 71.4 Å². The van der Waals surface area contributed by atoms with Gasteiger partial charge in [0.05, 0.1) is 0 Å². The largest absolute Gasteiger partial charge is 0.443 e. The molecule has 0 spiro atoms. The van der Waals surface area contributed by atoms with Crippen molar-refractivity contribution >= 4 is 34.1 Å². The van der Waals surface area contributed by atoms with E-state index < -0.39 is 23.4 Å². The first-order valence-corrected chi connectivity index (χ1v) is 12.1. The van der Waals surface area contributed by atoms with Gasteiger partial charge in [0.2, 0.25) is 5.96 Å². The number of carbonyl (C=O) groups is 2. The number of alkyl halides is 1. The molecular weight excluding hydrogens is 474 g/mol. The van der Waals surface area contributed by atoms with E-state index in [0.717, 1.165) is 30.2 Å². The molecule has 0 bridgehead atoms. The first-order chi connectivity index (χ1) is 14.8. The second kappa shape index (κ2) is 12.8. The van der Waals surface area contributed by atoms with Crippen molar-refractivity contribution in [2.24, 2.45) is 4.99 Å². The molecule has 0 radical (unpaired) electrons. The molecule has 0 aromatic heterocycles. The molecule has 0 saturated carbocycles. The van der Waals surface area contributed by atoms with Gasteiger partial charge in [-0.25, -0.2) is 14.5 Å². The molecule has 0 heterocycles. The number of halogens is 1. The van der Waals surface area contributed by atoms with Crippen molar-refractivity contribution in [3.63, 3.8) is 0 Å². The second-order valence-electron chi connectivity index (χ2n) is 9.62. The third-order valence-electron chi connectivity index (χ3n) is 4.06. The monoisotopic (exact) mass is 511 g/mol. The number of hydrogen-bond donors (Lipinski definition) is 0. The molecule has 2 amide bonds. The summed E-state index contributed by atoms with van der Waals surface area (Å²) >= 11 is 3.44. The zero-order chi connectivity index (χ0) is 24.4. The van der Waals surface area contributed by atoms with Crippen molar-refractivity contribution in [2.45, 2.75) is 78.6 Å². The minimum Gasteiger partial charge on any atom is -0.443 e. The highest BCUT2D eigenvalue weighted by molar-refractivity contribution is 9.09. The van der Waals surface area contributed by atoms with Crippen LogP contribution in [0.5, 0.6) is 0 Å². The Morgan fingerprint density at radius 1 is 0.938 bits per heavy atom. The molecule has 0 unspecified atom stereocenters. The Bertz CT molecular complexity index is 755. The van der Waals surface area contributed by atoms with Crippen LogP contribution in [-0.4, -0.2) is 58.1 Å². The quantitative estimate of drug-likeness (QED) is 0.188. The van der Waals surface area contributed by atoms with Crippen LogP contribution >= 0.6 is 15.9 Å². The Balaban J connectivity index is 3.29. The molecule has 1 rings (SSSR count). The van der Waals surface area contributed by atoms with Gasteiger partial charge in [0.15, 0.2) is 0 Å². The van der Waals surface area contributed by atoms with E-state index in [1.165, 1.54) is 4.90 Å². The van der Waals surface area contributed by atoms with E-state index >= 15 is 0 Å². The summed E-state index contributed by atoms with van der Waals surface area (Å²) in [5.41, 5.74) is -0.355. The first kappa shape index (κ1) is 27.9. The zero-order valence-electron chi connectivity index (χ0n) is 20.5. The van der Waals surface area contributed by atoms with Crippen molar-refractivity contribution in [3.05, 3.63) is 35.9 Å². The number of nitrogens with zero attached hydrogens (tertiary/aromatic N) is 3. The Hall–Kier alpha value is -2.09. The maximum absolute atomic E-state index is 13.1. The van der Waals surface area contributed by atoms with Crippen LogP contribution in [0.25, 0.3) is 0 Å². The van der Waals surface area contributed by atoms with Gasteiger partial charge in [-0.05, 0) is 59.9 Å². The van der Waals surface area contributed by atoms with E-state index in [4.69, 9.17) is 9.47 Å². The maximum atomic E-state index is 13.1. The summed E-state index contributed by atoms with van der Waals surface area (Å²) in [6.07, 6.45) is 1.37. The molecular formula is C24H38BrN3O4. The first-order valence-electron chi connectivity index (χ1n) is 11.0. The van der Waals surface area contributed by atoms with Crippen LogP contribution in [0.3, 0.4) is 0 Å². The number of ether oxygens (including phenoxy) is 2. The lowest BCUT2D eigenvalue weighted by molar-refractivity contribution is 0.0346. The number of hydrogen-bond acceptors (Lipinski definition) is 4. The Morgan fingerprint density at radius 2 is 1.53 bits per heavy atom. The number of guanidine groups is 1. The van der Waals surface area contributed by atoms with E-state index in [9.17, 15) is 9.59 Å². The van der Waals surface area contributed by atoms with Gasteiger partial charge in [0, 0.05) is 25.5 Å². The van der Waals surface area contributed by atoms with Gasteiger partial charge in [-0.3, -0.25) is 0 Å². The smallest absolute Gasteiger partial charge is 0.437 e. The van der Waals surface area contributed by atoms with Crippen LogP contribution in [0.1, 0.15) is 66.4 Å². The Kier molecular flexibility index (Phi) is 11.2. The minimum absolute atomic E-state index is 0.205. The van der Waals surface area contributed by atoms with E-state index in [-0.39, 0.29) is 5.96 Å². The third kappa shape index (κ3) is 11.5. The molecule has 0 aliphatic rings.